The van der Waals surface area contributed by atoms with Crippen LogP contribution in [0.4, 0.5) is 4.39 Å². The van der Waals surface area contributed by atoms with Gasteiger partial charge in [0.2, 0.25) is 0 Å². The highest BCUT2D eigenvalue weighted by Gasteiger charge is 2.22. The molecular formula is C21H18ClFN2. The minimum atomic E-state index is -0.499. The standard InChI is InChI=1S/C21H18ClFN2/c1-3-13(4-2)21-16(12-24)20(14-8-6-5-7-9-14)15-10-17(22)18(23)11-19(15)25-21/h5-11,13H,3-4H2,1-2H3. The lowest BCUT2D eigenvalue weighted by molar-refractivity contribution is 0.621. The normalized spacial score (nSPS) is 11.0. The van der Waals surface area contributed by atoms with E-state index in [1.165, 1.54) is 6.07 Å². The summed E-state index contributed by atoms with van der Waals surface area (Å²) in [6.07, 6.45) is 1.74. The molecule has 0 bridgehead atoms. The van der Waals surface area contributed by atoms with Gasteiger partial charge in [-0.25, -0.2) is 4.39 Å². The molecule has 0 N–H and O–H groups in total. The molecule has 0 aliphatic heterocycles. The zero-order chi connectivity index (χ0) is 18.0. The lowest BCUT2D eigenvalue weighted by Crippen LogP contribution is -2.06. The number of halogens is 2. The van der Waals surface area contributed by atoms with Crippen LogP contribution in [0.15, 0.2) is 42.5 Å². The van der Waals surface area contributed by atoms with E-state index in [1.807, 2.05) is 30.3 Å². The molecule has 0 atom stereocenters. The molecule has 1 aromatic heterocycles. The summed E-state index contributed by atoms with van der Waals surface area (Å²) in [7, 11) is 0. The van der Waals surface area contributed by atoms with Crippen LogP contribution in [0, 0.1) is 17.1 Å². The van der Waals surface area contributed by atoms with Crippen molar-refractivity contribution in [3.05, 3.63) is 64.6 Å². The van der Waals surface area contributed by atoms with E-state index in [4.69, 9.17) is 11.6 Å². The van der Waals surface area contributed by atoms with Gasteiger partial charge in [0, 0.05) is 22.9 Å². The number of hydrogen-bond donors (Lipinski definition) is 0. The molecular weight excluding hydrogens is 335 g/mol. The number of fused-ring (bicyclic) bond motifs is 1. The van der Waals surface area contributed by atoms with Crippen LogP contribution in [0.25, 0.3) is 22.0 Å². The molecule has 0 saturated carbocycles. The first-order valence-corrected chi connectivity index (χ1v) is 8.76. The molecule has 0 aliphatic carbocycles. The smallest absolute Gasteiger partial charge is 0.143 e. The van der Waals surface area contributed by atoms with Crippen LogP contribution in [-0.2, 0) is 0 Å². The van der Waals surface area contributed by atoms with Crippen molar-refractivity contribution in [3.8, 4) is 17.2 Å². The first-order valence-electron chi connectivity index (χ1n) is 8.38. The second-order valence-corrected chi connectivity index (χ2v) is 6.43. The van der Waals surface area contributed by atoms with Crippen molar-refractivity contribution in [3.63, 3.8) is 0 Å². The lowest BCUT2D eigenvalue weighted by atomic mass is 9.88. The summed E-state index contributed by atoms with van der Waals surface area (Å²) in [5.74, 6) is -0.346. The van der Waals surface area contributed by atoms with Crippen LogP contribution in [0.3, 0.4) is 0 Å². The van der Waals surface area contributed by atoms with Gasteiger partial charge in [-0.05, 0) is 24.5 Å². The molecule has 0 spiro atoms. The van der Waals surface area contributed by atoms with Gasteiger partial charge in [0.25, 0.3) is 0 Å². The maximum atomic E-state index is 14.0. The van der Waals surface area contributed by atoms with Crippen molar-refractivity contribution < 1.29 is 4.39 Å². The van der Waals surface area contributed by atoms with Gasteiger partial charge < -0.3 is 0 Å². The molecule has 4 heteroatoms. The number of hydrogen-bond acceptors (Lipinski definition) is 2. The van der Waals surface area contributed by atoms with E-state index < -0.39 is 5.82 Å². The van der Waals surface area contributed by atoms with Crippen LogP contribution in [-0.4, -0.2) is 4.98 Å². The highest BCUT2D eigenvalue weighted by Crippen LogP contribution is 2.38. The molecule has 0 aliphatic rings. The van der Waals surface area contributed by atoms with Gasteiger partial charge in [0.05, 0.1) is 21.8 Å². The van der Waals surface area contributed by atoms with Gasteiger partial charge >= 0.3 is 0 Å². The molecule has 126 valence electrons. The van der Waals surface area contributed by atoms with Crippen LogP contribution in [0.1, 0.15) is 43.9 Å². The van der Waals surface area contributed by atoms with E-state index in [9.17, 15) is 9.65 Å². The average Bonchev–Trinajstić information content (AvgIpc) is 2.63. The number of nitrogens with zero attached hydrogens (tertiary/aromatic N) is 2. The summed E-state index contributed by atoms with van der Waals surface area (Å²) in [6.45, 7) is 4.15. The Morgan fingerprint density at radius 3 is 2.44 bits per heavy atom. The number of rotatable bonds is 4. The molecule has 0 fully saturated rings. The van der Waals surface area contributed by atoms with Gasteiger partial charge in [-0.3, -0.25) is 4.98 Å². The van der Waals surface area contributed by atoms with Crippen molar-refractivity contribution in [2.45, 2.75) is 32.6 Å². The van der Waals surface area contributed by atoms with Gasteiger partial charge in [-0.1, -0.05) is 55.8 Å². The van der Waals surface area contributed by atoms with Crippen LogP contribution in [0.2, 0.25) is 5.02 Å². The number of aromatic nitrogens is 1. The Morgan fingerprint density at radius 2 is 1.84 bits per heavy atom. The van der Waals surface area contributed by atoms with E-state index in [0.29, 0.717) is 16.5 Å². The van der Waals surface area contributed by atoms with Crippen molar-refractivity contribution in [2.24, 2.45) is 0 Å². The Balaban J connectivity index is 2.48. The molecule has 0 amide bonds. The van der Waals surface area contributed by atoms with E-state index in [0.717, 1.165) is 29.7 Å². The van der Waals surface area contributed by atoms with Crippen molar-refractivity contribution in [1.29, 1.82) is 5.26 Å². The third-order valence-electron chi connectivity index (χ3n) is 4.60. The lowest BCUT2D eigenvalue weighted by Gasteiger charge is -2.18. The van der Waals surface area contributed by atoms with Gasteiger partial charge in [0.1, 0.15) is 11.9 Å². The molecule has 3 aromatic rings. The van der Waals surface area contributed by atoms with Gasteiger partial charge in [-0.15, -0.1) is 0 Å². The predicted molar refractivity (Wildman–Crippen MR) is 100 cm³/mol. The van der Waals surface area contributed by atoms with Crippen molar-refractivity contribution in [1.82, 2.24) is 4.98 Å². The molecule has 1 heterocycles. The third-order valence-corrected chi connectivity index (χ3v) is 4.89. The summed E-state index contributed by atoms with van der Waals surface area (Å²) < 4.78 is 14.0. The molecule has 0 radical (unpaired) electrons. The molecule has 2 aromatic carbocycles. The highest BCUT2D eigenvalue weighted by atomic mass is 35.5. The zero-order valence-corrected chi connectivity index (χ0v) is 14.9. The minimum Gasteiger partial charge on any atom is -0.251 e. The van der Waals surface area contributed by atoms with E-state index in [2.05, 4.69) is 24.9 Å². The SMILES string of the molecule is CCC(CC)c1nc2cc(F)c(Cl)cc2c(-c2ccccc2)c1C#N. The van der Waals surface area contributed by atoms with E-state index in [-0.39, 0.29) is 10.9 Å². The highest BCUT2D eigenvalue weighted by molar-refractivity contribution is 6.31. The molecule has 3 rings (SSSR count). The van der Waals surface area contributed by atoms with Gasteiger partial charge in [0.15, 0.2) is 0 Å². The number of nitriles is 1. The predicted octanol–water partition coefficient (Wildman–Crippen LogP) is 6.47. The quantitative estimate of drug-likeness (QED) is 0.539. The van der Waals surface area contributed by atoms with Crippen molar-refractivity contribution >= 4 is 22.5 Å². The first kappa shape index (κ1) is 17.4. The maximum absolute atomic E-state index is 14.0. The Kier molecular flexibility index (Phi) is 5.01. The first-order chi connectivity index (χ1) is 12.1. The van der Waals surface area contributed by atoms with Crippen LogP contribution in [0.5, 0.6) is 0 Å². The third kappa shape index (κ3) is 3.10. The molecule has 2 nitrogen and oxygen atoms in total. The summed E-state index contributed by atoms with van der Waals surface area (Å²) >= 11 is 6.01. The van der Waals surface area contributed by atoms with Gasteiger partial charge in [-0.2, -0.15) is 5.26 Å². The Labute approximate surface area is 151 Å². The van der Waals surface area contributed by atoms with Crippen molar-refractivity contribution in [2.75, 3.05) is 0 Å². The summed E-state index contributed by atoms with van der Waals surface area (Å²) in [5.41, 5.74) is 3.50. The summed E-state index contributed by atoms with van der Waals surface area (Å²) in [6, 6.07) is 14.9. The topological polar surface area (TPSA) is 36.7 Å². The number of benzene rings is 2. The van der Waals surface area contributed by atoms with E-state index >= 15 is 0 Å². The average molecular weight is 353 g/mol. The maximum Gasteiger partial charge on any atom is 0.143 e. The Hall–Kier alpha value is -2.44. The molecule has 0 saturated heterocycles. The van der Waals surface area contributed by atoms with E-state index in [1.54, 1.807) is 6.07 Å². The number of pyridine rings is 1. The molecule has 0 unspecified atom stereocenters. The minimum absolute atomic E-state index is 0.0330. The fourth-order valence-electron chi connectivity index (χ4n) is 3.27. The summed E-state index contributed by atoms with van der Waals surface area (Å²) in [4.78, 5) is 4.65. The Morgan fingerprint density at radius 1 is 1.16 bits per heavy atom. The van der Waals surface area contributed by atoms with Crippen LogP contribution >= 0.6 is 11.6 Å². The monoisotopic (exact) mass is 352 g/mol. The van der Waals surface area contributed by atoms with Crippen LogP contribution < -0.4 is 0 Å². The fourth-order valence-corrected chi connectivity index (χ4v) is 3.43. The fraction of sp³-hybridized carbons (Fsp3) is 0.238. The largest absolute Gasteiger partial charge is 0.251 e. The second-order valence-electron chi connectivity index (χ2n) is 6.02. The Bertz CT molecular complexity index is 957. The second kappa shape index (κ2) is 7.21. The zero-order valence-electron chi connectivity index (χ0n) is 14.2. The molecule has 25 heavy (non-hydrogen) atoms. The summed E-state index contributed by atoms with van der Waals surface area (Å²) in [5, 5.41) is 10.6.